The van der Waals surface area contributed by atoms with E-state index in [1.165, 1.54) is 4.90 Å². The summed E-state index contributed by atoms with van der Waals surface area (Å²) in [6.45, 7) is 9.08. The molecule has 3 rings (SSSR count). The monoisotopic (exact) mass is 437 g/mol. The van der Waals surface area contributed by atoms with E-state index in [1.807, 2.05) is 44.2 Å². The largest absolute Gasteiger partial charge is 0.507 e. The Morgan fingerprint density at radius 1 is 1.09 bits per heavy atom. The van der Waals surface area contributed by atoms with Crippen molar-refractivity contribution in [2.75, 3.05) is 26.9 Å². The molecule has 0 aromatic heterocycles. The molecule has 0 radical (unpaired) electrons. The van der Waals surface area contributed by atoms with Gasteiger partial charge in [0.2, 0.25) is 0 Å². The number of ether oxygens (including phenoxy) is 2. The molecule has 1 amide bonds. The second kappa shape index (κ2) is 10.0. The van der Waals surface area contributed by atoms with Crippen LogP contribution in [0.5, 0.6) is 5.75 Å². The van der Waals surface area contributed by atoms with Gasteiger partial charge >= 0.3 is 0 Å². The molecule has 1 saturated heterocycles. The molecule has 0 bridgehead atoms. The minimum absolute atomic E-state index is 0.0916. The van der Waals surface area contributed by atoms with Gasteiger partial charge in [-0.3, -0.25) is 9.59 Å². The van der Waals surface area contributed by atoms with E-state index in [2.05, 4.69) is 13.8 Å². The lowest BCUT2D eigenvalue weighted by Crippen LogP contribution is -2.32. The molecule has 1 aliphatic rings. The van der Waals surface area contributed by atoms with Crippen LogP contribution in [0.4, 0.5) is 0 Å². The average Bonchev–Trinajstić information content (AvgIpc) is 3.01. The highest BCUT2D eigenvalue weighted by Gasteiger charge is 2.45. The van der Waals surface area contributed by atoms with Gasteiger partial charge in [-0.25, -0.2) is 0 Å². The summed E-state index contributed by atoms with van der Waals surface area (Å²) in [7, 11) is 1.55. The molecule has 2 aromatic carbocycles. The molecule has 170 valence electrons. The van der Waals surface area contributed by atoms with Crippen LogP contribution in [0.25, 0.3) is 5.76 Å². The Hall–Kier alpha value is -3.12. The highest BCUT2D eigenvalue weighted by atomic mass is 16.5. The maximum atomic E-state index is 13.0. The zero-order chi connectivity index (χ0) is 23.4. The molecule has 1 fully saturated rings. The number of aliphatic hydroxyl groups excluding tert-OH is 1. The Balaban J connectivity index is 2.07. The predicted molar refractivity (Wildman–Crippen MR) is 124 cm³/mol. The highest BCUT2D eigenvalue weighted by molar-refractivity contribution is 6.46. The van der Waals surface area contributed by atoms with Crippen LogP contribution in [0.1, 0.15) is 42.1 Å². The first-order chi connectivity index (χ1) is 15.2. The van der Waals surface area contributed by atoms with Crippen molar-refractivity contribution in [2.24, 2.45) is 5.92 Å². The molecule has 2 aromatic rings. The van der Waals surface area contributed by atoms with E-state index in [0.717, 1.165) is 16.7 Å². The Bertz CT molecular complexity index is 1020. The third-order valence-electron chi connectivity index (χ3n) is 5.51. The van der Waals surface area contributed by atoms with Gasteiger partial charge in [0.1, 0.15) is 11.5 Å². The predicted octanol–water partition coefficient (Wildman–Crippen LogP) is 4.41. The van der Waals surface area contributed by atoms with E-state index in [4.69, 9.17) is 9.47 Å². The van der Waals surface area contributed by atoms with Crippen molar-refractivity contribution in [1.82, 2.24) is 4.90 Å². The number of hydrogen-bond acceptors (Lipinski definition) is 5. The standard InChI is InChI=1S/C26H31NO5/c1-16(2)15-32-20-10-11-21(18(4)14-20)24(28)22-23(19-8-6-17(3)7-9-19)27(12-13-31-5)26(30)25(22)29/h6-11,14,16,23,28H,12-13,15H2,1-5H3/b24-22+/t23-/m1/s1. The van der Waals surface area contributed by atoms with Gasteiger partial charge in [-0.1, -0.05) is 43.7 Å². The number of likely N-dealkylation sites (tertiary alicyclic amines) is 1. The summed E-state index contributed by atoms with van der Waals surface area (Å²) in [4.78, 5) is 27.3. The molecular formula is C26H31NO5. The van der Waals surface area contributed by atoms with Crippen molar-refractivity contribution in [3.05, 3.63) is 70.3 Å². The lowest BCUT2D eigenvalue weighted by atomic mass is 9.93. The fourth-order valence-electron chi connectivity index (χ4n) is 3.80. The van der Waals surface area contributed by atoms with E-state index < -0.39 is 17.7 Å². The lowest BCUT2D eigenvalue weighted by Gasteiger charge is -2.25. The molecular weight excluding hydrogens is 406 g/mol. The minimum atomic E-state index is -0.691. The van der Waals surface area contributed by atoms with E-state index in [0.29, 0.717) is 23.8 Å². The zero-order valence-corrected chi connectivity index (χ0v) is 19.3. The van der Waals surface area contributed by atoms with Crippen LogP contribution in [0.3, 0.4) is 0 Å². The Kier molecular flexibility index (Phi) is 7.36. The highest BCUT2D eigenvalue weighted by Crippen LogP contribution is 2.40. The number of rotatable bonds is 8. The summed E-state index contributed by atoms with van der Waals surface area (Å²) in [5, 5.41) is 11.2. The number of carbonyl (C=O) groups is 2. The Morgan fingerprint density at radius 3 is 2.38 bits per heavy atom. The molecule has 0 spiro atoms. The first kappa shape index (κ1) is 23.5. The molecule has 0 unspecified atom stereocenters. The second-order valence-electron chi connectivity index (χ2n) is 8.58. The first-order valence-corrected chi connectivity index (χ1v) is 10.8. The second-order valence-corrected chi connectivity index (χ2v) is 8.58. The summed E-state index contributed by atoms with van der Waals surface area (Å²) < 4.78 is 10.9. The molecule has 0 saturated carbocycles. The molecule has 1 aliphatic heterocycles. The van der Waals surface area contributed by atoms with Gasteiger partial charge < -0.3 is 19.5 Å². The van der Waals surface area contributed by atoms with Crippen molar-refractivity contribution >= 4 is 17.4 Å². The van der Waals surface area contributed by atoms with Gasteiger partial charge in [0.15, 0.2) is 0 Å². The van der Waals surface area contributed by atoms with Gasteiger partial charge in [-0.15, -0.1) is 0 Å². The quantitative estimate of drug-likeness (QED) is 0.376. The fraction of sp³-hybridized carbons (Fsp3) is 0.385. The number of hydrogen-bond donors (Lipinski definition) is 1. The van der Waals surface area contributed by atoms with E-state index in [9.17, 15) is 14.7 Å². The number of methoxy groups -OCH3 is 1. The summed E-state index contributed by atoms with van der Waals surface area (Å²) >= 11 is 0. The van der Waals surface area contributed by atoms with Crippen LogP contribution >= 0.6 is 0 Å². The van der Waals surface area contributed by atoms with Crippen molar-refractivity contribution in [2.45, 2.75) is 33.7 Å². The number of benzene rings is 2. The molecule has 6 nitrogen and oxygen atoms in total. The number of aliphatic hydroxyl groups is 1. The van der Waals surface area contributed by atoms with Gasteiger partial charge in [-0.05, 0) is 49.1 Å². The molecule has 32 heavy (non-hydrogen) atoms. The summed E-state index contributed by atoms with van der Waals surface area (Å²) in [6, 6.07) is 12.3. The van der Waals surface area contributed by atoms with Crippen molar-refractivity contribution < 1.29 is 24.2 Å². The molecule has 0 aliphatic carbocycles. The van der Waals surface area contributed by atoms with Crippen LogP contribution in [0.15, 0.2) is 48.0 Å². The number of aryl methyl sites for hydroxylation is 2. The van der Waals surface area contributed by atoms with Gasteiger partial charge in [-0.2, -0.15) is 0 Å². The van der Waals surface area contributed by atoms with Crippen LogP contribution in [-0.4, -0.2) is 48.6 Å². The van der Waals surface area contributed by atoms with Crippen molar-refractivity contribution in [3.63, 3.8) is 0 Å². The maximum absolute atomic E-state index is 13.0. The van der Waals surface area contributed by atoms with Gasteiger partial charge in [0, 0.05) is 19.2 Å². The van der Waals surface area contributed by atoms with Crippen molar-refractivity contribution in [3.8, 4) is 5.75 Å². The number of Topliss-reactive ketones (excluding diaryl/α,β-unsaturated/α-hetero) is 1. The topological polar surface area (TPSA) is 76.1 Å². The van der Waals surface area contributed by atoms with Crippen LogP contribution in [0, 0.1) is 19.8 Å². The minimum Gasteiger partial charge on any atom is -0.507 e. The van der Waals surface area contributed by atoms with Crippen molar-refractivity contribution in [1.29, 1.82) is 0 Å². The smallest absolute Gasteiger partial charge is 0.295 e. The third-order valence-corrected chi connectivity index (χ3v) is 5.51. The first-order valence-electron chi connectivity index (χ1n) is 10.8. The Labute approximate surface area is 189 Å². The van der Waals surface area contributed by atoms with E-state index in [1.54, 1.807) is 19.2 Å². The maximum Gasteiger partial charge on any atom is 0.295 e. The molecule has 1 atom stereocenters. The molecule has 6 heteroatoms. The van der Waals surface area contributed by atoms with Gasteiger partial charge in [0.25, 0.3) is 11.7 Å². The summed E-state index contributed by atoms with van der Waals surface area (Å²) in [6.07, 6.45) is 0. The Morgan fingerprint density at radius 2 is 1.78 bits per heavy atom. The van der Waals surface area contributed by atoms with Crippen LogP contribution in [0.2, 0.25) is 0 Å². The third kappa shape index (κ3) is 4.86. The van der Waals surface area contributed by atoms with Crippen LogP contribution in [-0.2, 0) is 14.3 Å². The zero-order valence-electron chi connectivity index (χ0n) is 19.3. The average molecular weight is 438 g/mol. The summed E-state index contributed by atoms with van der Waals surface area (Å²) in [5.74, 6) is -0.418. The number of amides is 1. The van der Waals surface area contributed by atoms with Gasteiger partial charge in [0.05, 0.1) is 24.8 Å². The van der Waals surface area contributed by atoms with E-state index >= 15 is 0 Å². The molecule has 1 heterocycles. The van der Waals surface area contributed by atoms with Crippen LogP contribution < -0.4 is 4.74 Å². The summed E-state index contributed by atoms with van der Waals surface area (Å²) in [5.41, 5.74) is 3.18. The number of nitrogens with zero attached hydrogens (tertiary/aromatic N) is 1. The molecule has 1 N–H and O–H groups in total. The lowest BCUT2D eigenvalue weighted by molar-refractivity contribution is -0.140. The number of ketones is 1. The fourth-order valence-corrected chi connectivity index (χ4v) is 3.80. The number of carbonyl (C=O) groups excluding carboxylic acids is 2. The normalized spacial score (nSPS) is 17.9. The van der Waals surface area contributed by atoms with E-state index in [-0.39, 0.29) is 24.5 Å². The SMILES string of the molecule is COCCN1C(=O)C(=O)/C(=C(/O)c2ccc(OCC(C)C)cc2C)[C@H]1c1ccc(C)cc1.